The van der Waals surface area contributed by atoms with Crippen molar-refractivity contribution in [2.24, 2.45) is 5.73 Å². The monoisotopic (exact) mass is 285 g/mol. The first kappa shape index (κ1) is 12.0. The molecule has 0 bridgehead atoms. The fraction of sp³-hybridized carbons (Fsp3) is 0.357. The maximum atomic E-state index is 6.00. The van der Waals surface area contributed by atoms with Gasteiger partial charge in [0.1, 0.15) is 5.01 Å². The van der Waals surface area contributed by atoms with E-state index in [-0.39, 0.29) is 0 Å². The number of hydrogen-bond acceptors (Lipinski definition) is 5. The Morgan fingerprint density at radius 1 is 1.15 bits per heavy atom. The van der Waals surface area contributed by atoms with Crippen LogP contribution in [0.3, 0.4) is 0 Å². The van der Waals surface area contributed by atoms with Crippen molar-refractivity contribution in [1.29, 1.82) is 0 Å². The van der Waals surface area contributed by atoms with E-state index >= 15 is 0 Å². The molecule has 5 nitrogen and oxygen atoms in total. The van der Waals surface area contributed by atoms with Crippen LogP contribution in [0.25, 0.3) is 16.3 Å². The van der Waals surface area contributed by atoms with Crippen molar-refractivity contribution in [3.63, 3.8) is 0 Å². The van der Waals surface area contributed by atoms with Crippen LogP contribution in [-0.2, 0) is 0 Å². The van der Waals surface area contributed by atoms with Gasteiger partial charge in [0.2, 0.25) is 4.96 Å². The van der Waals surface area contributed by atoms with Crippen LogP contribution >= 0.6 is 11.3 Å². The second kappa shape index (κ2) is 4.64. The van der Waals surface area contributed by atoms with Gasteiger partial charge < -0.3 is 5.73 Å². The Balaban J connectivity index is 1.76. The Kier molecular flexibility index (Phi) is 2.78. The average Bonchev–Trinajstić information content (AvgIpc) is 3.13. The highest BCUT2D eigenvalue weighted by Gasteiger charge is 2.27. The molecule has 0 amide bonds. The molecule has 0 spiro atoms. The van der Waals surface area contributed by atoms with Crippen molar-refractivity contribution in [1.82, 2.24) is 19.8 Å². The fourth-order valence-corrected chi connectivity index (χ4v) is 3.79. The molecule has 1 aliphatic carbocycles. The topological polar surface area (TPSA) is 69.1 Å². The van der Waals surface area contributed by atoms with Gasteiger partial charge in [0, 0.05) is 17.5 Å². The van der Waals surface area contributed by atoms with E-state index in [2.05, 4.69) is 10.2 Å². The minimum atomic E-state index is 0.322. The predicted molar refractivity (Wildman–Crippen MR) is 78.7 cm³/mol. The summed E-state index contributed by atoms with van der Waals surface area (Å²) in [5.41, 5.74) is 7.04. The summed E-state index contributed by atoms with van der Waals surface area (Å²) in [4.78, 5) is 0.860. The maximum absolute atomic E-state index is 6.00. The second-order valence-corrected chi connectivity index (χ2v) is 6.28. The van der Waals surface area contributed by atoms with Gasteiger partial charge in [-0.1, -0.05) is 41.7 Å². The Morgan fingerprint density at radius 3 is 2.75 bits per heavy atom. The highest BCUT2D eigenvalue weighted by Crippen LogP contribution is 2.36. The molecule has 1 fully saturated rings. The number of hydrogen-bond donors (Lipinski definition) is 1. The highest BCUT2D eigenvalue weighted by molar-refractivity contribution is 7.16. The van der Waals surface area contributed by atoms with E-state index in [1.165, 1.54) is 0 Å². The van der Waals surface area contributed by atoms with Crippen molar-refractivity contribution < 1.29 is 0 Å². The van der Waals surface area contributed by atoms with Crippen LogP contribution in [0, 0.1) is 0 Å². The minimum Gasteiger partial charge on any atom is -0.328 e. The molecular formula is C14H15N5S. The number of benzene rings is 1. The number of aromatic nitrogens is 4. The summed E-state index contributed by atoms with van der Waals surface area (Å²) in [6.45, 7) is 0. The first-order valence-corrected chi connectivity index (χ1v) is 7.66. The number of fused-ring (bicyclic) bond motifs is 1. The first-order chi connectivity index (χ1) is 9.81. The Morgan fingerprint density at radius 2 is 2.00 bits per heavy atom. The van der Waals surface area contributed by atoms with Crippen molar-refractivity contribution in [2.45, 2.75) is 31.2 Å². The molecule has 0 aliphatic heterocycles. The molecule has 3 aromatic rings. The lowest BCUT2D eigenvalue weighted by atomic mass is 10.1. The second-order valence-electron chi connectivity index (χ2n) is 5.29. The van der Waals surface area contributed by atoms with E-state index in [1.54, 1.807) is 11.3 Å². The van der Waals surface area contributed by atoms with Crippen LogP contribution in [0.5, 0.6) is 0 Å². The fourth-order valence-electron chi connectivity index (χ4n) is 2.80. The molecule has 20 heavy (non-hydrogen) atoms. The molecule has 2 heterocycles. The predicted octanol–water partition coefficient (Wildman–Crippen LogP) is 2.45. The Bertz CT molecular complexity index is 732. The SMILES string of the molecule is NC1CCC(c2nn3c(-c4ccccc4)nnc3s2)C1. The minimum absolute atomic E-state index is 0.322. The molecule has 2 N–H and O–H groups in total. The third-order valence-corrected chi connectivity index (χ3v) is 4.92. The van der Waals surface area contributed by atoms with Crippen molar-refractivity contribution in [2.75, 3.05) is 0 Å². The van der Waals surface area contributed by atoms with Gasteiger partial charge in [-0.3, -0.25) is 0 Å². The largest absolute Gasteiger partial charge is 0.328 e. The Hall–Kier alpha value is -1.79. The van der Waals surface area contributed by atoms with Crippen LogP contribution in [0.15, 0.2) is 30.3 Å². The van der Waals surface area contributed by atoms with E-state index in [9.17, 15) is 0 Å². The molecule has 6 heteroatoms. The summed E-state index contributed by atoms with van der Waals surface area (Å²) >= 11 is 1.63. The quantitative estimate of drug-likeness (QED) is 0.785. The smallest absolute Gasteiger partial charge is 0.234 e. The third-order valence-electron chi connectivity index (χ3n) is 3.86. The lowest BCUT2D eigenvalue weighted by Crippen LogP contribution is -2.14. The van der Waals surface area contributed by atoms with Gasteiger partial charge in [-0.05, 0) is 19.3 Å². The zero-order valence-corrected chi connectivity index (χ0v) is 11.8. The lowest BCUT2D eigenvalue weighted by Gasteiger charge is -2.03. The number of nitrogens with two attached hydrogens (primary N) is 1. The van der Waals surface area contributed by atoms with Gasteiger partial charge in [0.05, 0.1) is 0 Å². The summed E-state index contributed by atoms with van der Waals surface area (Å²) in [5, 5.41) is 14.3. The molecule has 2 atom stereocenters. The first-order valence-electron chi connectivity index (χ1n) is 6.84. The van der Waals surface area contributed by atoms with E-state index < -0.39 is 0 Å². The van der Waals surface area contributed by atoms with Crippen LogP contribution in [0.1, 0.15) is 30.2 Å². The van der Waals surface area contributed by atoms with Crippen LogP contribution in [0.2, 0.25) is 0 Å². The van der Waals surface area contributed by atoms with E-state index in [0.717, 1.165) is 40.6 Å². The number of rotatable bonds is 2. The van der Waals surface area contributed by atoms with Gasteiger partial charge in [-0.15, -0.1) is 10.2 Å². The Labute approximate surface area is 120 Å². The molecule has 4 rings (SSSR count). The molecule has 1 saturated carbocycles. The molecule has 0 radical (unpaired) electrons. The van der Waals surface area contributed by atoms with Crippen molar-refractivity contribution in [3.8, 4) is 11.4 Å². The standard InChI is InChI=1S/C14H15N5S/c15-11-7-6-10(8-11)13-18-19-12(16-17-14(19)20-13)9-4-2-1-3-5-9/h1-5,10-11H,6-8,15H2. The van der Waals surface area contributed by atoms with Gasteiger partial charge in [0.25, 0.3) is 0 Å². The van der Waals surface area contributed by atoms with E-state index in [0.29, 0.717) is 12.0 Å². The molecule has 0 saturated heterocycles. The molecule has 1 aliphatic rings. The van der Waals surface area contributed by atoms with E-state index in [1.807, 2.05) is 34.8 Å². The summed E-state index contributed by atoms with van der Waals surface area (Å²) in [7, 11) is 0. The molecule has 102 valence electrons. The summed E-state index contributed by atoms with van der Waals surface area (Å²) in [6, 6.07) is 10.4. The zero-order chi connectivity index (χ0) is 13.5. The number of nitrogens with zero attached hydrogens (tertiary/aromatic N) is 4. The molecule has 2 aromatic heterocycles. The normalized spacial score (nSPS) is 22.6. The van der Waals surface area contributed by atoms with Crippen molar-refractivity contribution >= 4 is 16.3 Å². The van der Waals surface area contributed by atoms with Crippen LogP contribution < -0.4 is 5.73 Å². The third kappa shape index (κ3) is 1.92. The lowest BCUT2D eigenvalue weighted by molar-refractivity contribution is 0.662. The summed E-state index contributed by atoms with van der Waals surface area (Å²) in [6.07, 6.45) is 3.26. The highest BCUT2D eigenvalue weighted by atomic mass is 32.1. The van der Waals surface area contributed by atoms with Gasteiger partial charge >= 0.3 is 0 Å². The van der Waals surface area contributed by atoms with Gasteiger partial charge in [-0.2, -0.15) is 9.61 Å². The summed E-state index contributed by atoms with van der Waals surface area (Å²) in [5.74, 6) is 1.30. The van der Waals surface area contributed by atoms with Crippen LogP contribution in [0.4, 0.5) is 0 Å². The van der Waals surface area contributed by atoms with Gasteiger partial charge in [-0.25, -0.2) is 0 Å². The molecule has 2 unspecified atom stereocenters. The zero-order valence-electron chi connectivity index (χ0n) is 10.9. The molecule has 1 aromatic carbocycles. The van der Waals surface area contributed by atoms with Crippen molar-refractivity contribution in [3.05, 3.63) is 35.3 Å². The van der Waals surface area contributed by atoms with Crippen LogP contribution in [-0.4, -0.2) is 25.9 Å². The average molecular weight is 285 g/mol. The van der Waals surface area contributed by atoms with E-state index in [4.69, 9.17) is 10.8 Å². The maximum Gasteiger partial charge on any atom is 0.234 e. The molecular weight excluding hydrogens is 270 g/mol. The summed E-state index contributed by atoms with van der Waals surface area (Å²) < 4.78 is 1.86. The van der Waals surface area contributed by atoms with Gasteiger partial charge in [0.15, 0.2) is 5.82 Å².